The number of hydrogen-bond donors (Lipinski definition) is 1. The summed E-state index contributed by atoms with van der Waals surface area (Å²) in [5.74, 6) is 0.869. The highest BCUT2D eigenvalue weighted by atomic mass is 32.1. The van der Waals surface area contributed by atoms with Crippen LogP contribution in [0.3, 0.4) is 0 Å². The zero-order chi connectivity index (χ0) is 21.4. The van der Waals surface area contributed by atoms with Gasteiger partial charge in [0, 0.05) is 34.9 Å². The minimum absolute atomic E-state index is 0.869. The first-order valence-corrected chi connectivity index (χ1v) is 11.9. The van der Waals surface area contributed by atoms with Crippen molar-refractivity contribution in [3.8, 4) is 11.1 Å². The summed E-state index contributed by atoms with van der Waals surface area (Å²) in [5.41, 5.74) is 7.43. The number of benzene rings is 2. The number of piperidine rings is 1. The van der Waals surface area contributed by atoms with Crippen LogP contribution >= 0.6 is 11.3 Å². The van der Waals surface area contributed by atoms with Gasteiger partial charge >= 0.3 is 0 Å². The van der Waals surface area contributed by atoms with Crippen LogP contribution in [0.5, 0.6) is 0 Å². The van der Waals surface area contributed by atoms with Crippen molar-refractivity contribution in [2.24, 2.45) is 0 Å². The van der Waals surface area contributed by atoms with Gasteiger partial charge in [0.05, 0.1) is 5.39 Å². The van der Waals surface area contributed by atoms with Gasteiger partial charge in [-0.1, -0.05) is 18.2 Å². The molecule has 158 valence electrons. The molecule has 2 aromatic heterocycles. The third-order valence-corrected chi connectivity index (χ3v) is 7.32. The van der Waals surface area contributed by atoms with Crippen LogP contribution in [-0.2, 0) is 0 Å². The van der Waals surface area contributed by atoms with Crippen LogP contribution in [0.4, 0.5) is 17.2 Å². The lowest BCUT2D eigenvalue weighted by atomic mass is 9.99. The third-order valence-electron chi connectivity index (χ3n) is 6.31. The minimum Gasteiger partial charge on any atom is -0.372 e. The van der Waals surface area contributed by atoms with Gasteiger partial charge in [-0.3, -0.25) is 0 Å². The molecule has 1 saturated heterocycles. The first kappa shape index (κ1) is 20.0. The van der Waals surface area contributed by atoms with Crippen molar-refractivity contribution >= 4 is 38.7 Å². The summed E-state index contributed by atoms with van der Waals surface area (Å²) in [6, 6.07) is 15.4. The van der Waals surface area contributed by atoms with Crippen molar-refractivity contribution in [3.63, 3.8) is 0 Å². The van der Waals surface area contributed by atoms with Gasteiger partial charge in [-0.05, 0) is 81.0 Å². The molecule has 0 saturated carbocycles. The number of aromatic nitrogens is 2. The molecule has 4 nitrogen and oxygen atoms in total. The lowest BCUT2D eigenvalue weighted by Gasteiger charge is -2.28. The molecule has 1 aliphatic rings. The summed E-state index contributed by atoms with van der Waals surface area (Å²) in [7, 11) is 0. The molecule has 1 N–H and O–H groups in total. The molecule has 31 heavy (non-hydrogen) atoms. The summed E-state index contributed by atoms with van der Waals surface area (Å²) < 4.78 is 0. The van der Waals surface area contributed by atoms with Gasteiger partial charge in [-0.2, -0.15) is 0 Å². The number of hydrogen-bond acceptors (Lipinski definition) is 5. The number of rotatable bonds is 4. The Morgan fingerprint density at radius 2 is 1.65 bits per heavy atom. The van der Waals surface area contributed by atoms with Gasteiger partial charge in [0.2, 0.25) is 0 Å². The van der Waals surface area contributed by atoms with Crippen molar-refractivity contribution in [2.45, 2.75) is 40.0 Å². The average molecular weight is 429 g/mol. The standard InChI is InChI=1S/C26H28N4S/c1-17-7-8-20(15-18(17)2)23-19(3)31-26-24(23)25(27-16-28-26)29-21-9-11-22(12-10-21)30-13-5-4-6-14-30/h7-12,15-16H,4-6,13-14H2,1-3H3,(H,27,28,29). The molecule has 5 heteroatoms. The zero-order valence-electron chi connectivity index (χ0n) is 18.4. The second-order valence-electron chi connectivity index (χ2n) is 8.45. The maximum atomic E-state index is 4.63. The molecule has 5 rings (SSSR count). The predicted octanol–water partition coefficient (Wildman–Crippen LogP) is 7.02. The number of thiophene rings is 1. The summed E-state index contributed by atoms with van der Waals surface area (Å²) in [5, 5.41) is 4.67. The van der Waals surface area contributed by atoms with Crippen molar-refractivity contribution in [1.29, 1.82) is 0 Å². The predicted molar refractivity (Wildman–Crippen MR) is 133 cm³/mol. The second kappa shape index (κ2) is 8.31. The summed E-state index contributed by atoms with van der Waals surface area (Å²) in [4.78, 5) is 14.0. The molecule has 0 unspecified atom stereocenters. The molecule has 3 heterocycles. The molecule has 1 aliphatic heterocycles. The fraction of sp³-hybridized carbons (Fsp3) is 0.308. The Hall–Kier alpha value is -2.92. The van der Waals surface area contributed by atoms with Gasteiger partial charge < -0.3 is 10.2 Å². The zero-order valence-corrected chi connectivity index (χ0v) is 19.2. The number of aryl methyl sites for hydroxylation is 3. The molecule has 0 amide bonds. The summed E-state index contributed by atoms with van der Waals surface area (Å²) in [6.07, 6.45) is 5.59. The van der Waals surface area contributed by atoms with E-state index in [2.05, 4.69) is 83.4 Å². The Morgan fingerprint density at radius 1 is 0.871 bits per heavy atom. The second-order valence-corrected chi connectivity index (χ2v) is 9.66. The van der Waals surface area contributed by atoms with Crippen LogP contribution in [0, 0.1) is 20.8 Å². The molecule has 1 fully saturated rings. The first-order chi connectivity index (χ1) is 15.1. The van der Waals surface area contributed by atoms with E-state index in [0.29, 0.717) is 0 Å². The Balaban J connectivity index is 1.51. The van der Waals surface area contributed by atoms with Gasteiger partial charge in [0.25, 0.3) is 0 Å². The molecule has 0 spiro atoms. The maximum Gasteiger partial charge on any atom is 0.143 e. The highest BCUT2D eigenvalue weighted by Crippen LogP contribution is 2.41. The molecule has 0 bridgehead atoms. The Morgan fingerprint density at radius 3 is 2.39 bits per heavy atom. The molecule has 4 aromatic rings. The van der Waals surface area contributed by atoms with Crippen molar-refractivity contribution < 1.29 is 0 Å². The van der Waals surface area contributed by atoms with Crippen LogP contribution in [0.15, 0.2) is 48.8 Å². The monoisotopic (exact) mass is 428 g/mol. The first-order valence-electron chi connectivity index (χ1n) is 11.0. The van der Waals surface area contributed by atoms with Crippen molar-refractivity contribution in [1.82, 2.24) is 9.97 Å². The Kier molecular flexibility index (Phi) is 5.36. The number of nitrogens with zero attached hydrogens (tertiary/aromatic N) is 3. The van der Waals surface area contributed by atoms with E-state index in [-0.39, 0.29) is 0 Å². The van der Waals surface area contributed by atoms with Gasteiger partial charge in [0.15, 0.2) is 0 Å². The average Bonchev–Trinajstić information content (AvgIpc) is 3.13. The Bertz CT molecular complexity index is 1220. The number of nitrogens with one attached hydrogen (secondary N) is 1. The maximum absolute atomic E-state index is 4.63. The molecule has 0 aliphatic carbocycles. The number of anilines is 3. The van der Waals surface area contributed by atoms with Gasteiger partial charge in [-0.25, -0.2) is 9.97 Å². The lowest BCUT2D eigenvalue weighted by molar-refractivity contribution is 0.578. The van der Waals surface area contributed by atoms with E-state index >= 15 is 0 Å². The number of fused-ring (bicyclic) bond motifs is 1. The van der Waals surface area contributed by atoms with Gasteiger partial charge in [0.1, 0.15) is 17.0 Å². The normalized spacial score (nSPS) is 14.2. The lowest BCUT2D eigenvalue weighted by Crippen LogP contribution is -2.29. The minimum atomic E-state index is 0.869. The van der Waals surface area contributed by atoms with Gasteiger partial charge in [-0.15, -0.1) is 11.3 Å². The van der Waals surface area contributed by atoms with E-state index in [0.717, 1.165) is 34.8 Å². The van der Waals surface area contributed by atoms with E-state index in [1.807, 2.05) is 0 Å². The van der Waals surface area contributed by atoms with Crippen LogP contribution in [0.25, 0.3) is 21.3 Å². The molecule has 0 atom stereocenters. The van der Waals surface area contributed by atoms with E-state index in [9.17, 15) is 0 Å². The summed E-state index contributed by atoms with van der Waals surface area (Å²) >= 11 is 1.73. The highest BCUT2D eigenvalue weighted by Gasteiger charge is 2.17. The summed E-state index contributed by atoms with van der Waals surface area (Å²) in [6.45, 7) is 8.82. The quantitative estimate of drug-likeness (QED) is 0.379. The SMILES string of the molecule is Cc1ccc(-c2c(C)sc3ncnc(Nc4ccc(N5CCCCC5)cc4)c23)cc1C. The highest BCUT2D eigenvalue weighted by molar-refractivity contribution is 7.19. The van der Waals surface area contributed by atoms with E-state index in [4.69, 9.17) is 0 Å². The van der Waals surface area contributed by atoms with E-state index in [1.54, 1.807) is 17.7 Å². The smallest absolute Gasteiger partial charge is 0.143 e. The topological polar surface area (TPSA) is 41.1 Å². The molecular formula is C26H28N4S. The van der Waals surface area contributed by atoms with E-state index < -0.39 is 0 Å². The third kappa shape index (κ3) is 3.90. The largest absolute Gasteiger partial charge is 0.372 e. The molecule has 0 radical (unpaired) electrons. The van der Waals surface area contributed by atoms with Crippen molar-refractivity contribution in [2.75, 3.05) is 23.3 Å². The van der Waals surface area contributed by atoms with Crippen LogP contribution < -0.4 is 10.2 Å². The van der Waals surface area contributed by atoms with Crippen LogP contribution in [0.2, 0.25) is 0 Å². The fourth-order valence-corrected chi connectivity index (χ4v) is 5.44. The molecule has 2 aromatic carbocycles. The fourth-order valence-electron chi connectivity index (χ4n) is 4.43. The molecular weight excluding hydrogens is 400 g/mol. The van der Waals surface area contributed by atoms with Crippen LogP contribution in [0.1, 0.15) is 35.3 Å². The Labute approximate surface area is 188 Å². The van der Waals surface area contributed by atoms with E-state index in [1.165, 1.54) is 52.1 Å². The van der Waals surface area contributed by atoms with Crippen molar-refractivity contribution in [3.05, 3.63) is 64.8 Å². The van der Waals surface area contributed by atoms with Crippen LogP contribution in [-0.4, -0.2) is 23.1 Å².